The monoisotopic (exact) mass is 439 g/mol. The number of ether oxygens (including phenoxy) is 2. The molecule has 0 spiro atoms. The molecule has 0 atom stereocenters. The standard InChI is InChI=1S/C23H22BrNO3/c1-2-27-23(26)18-8-11-21(12-9-18)25-15-19-14-20(24)10-13-22(19)28-16-17-6-4-3-5-7-17/h3-14,25H,2,15-16H2,1H3. The van der Waals surface area contributed by atoms with Crippen LogP contribution in [-0.4, -0.2) is 12.6 Å². The minimum atomic E-state index is -0.308. The molecule has 0 aromatic heterocycles. The molecule has 0 fully saturated rings. The predicted molar refractivity (Wildman–Crippen MR) is 115 cm³/mol. The molecule has 0 radical (unpaired) electrons. The van der Waals surface area contributed by atoms with Gasteiger partial charge in [0.2, 0.25) is 0 Å². The second kappa shape index (κ2) is 9.95. The minimum absolute atomic E-state index is 0.308. The first-order valence-corrected chi connectivity index (χ1v) is 9.91. The maximum absolute atomic E-state index is 11.7. The van der Waals surface area contributed by atoms with Gasteiger partial charge in [0.05, 0.1) is 12.2 Å². The molecule has 28 heavy (non-hydrogen) atoms. The third kappa shape index (κ3) is 5.60. The molecule has 0 saturated heterocycles. The van der Waals surface area contributed by atoms with Crippen molar-refractivity contribution >= 4 is 27.6 Å². The summed E-state index contributed by atoms with van der Waals surface area (Å²) in [4.78, 5) is 11.7. The zero-order valence-corrected chi connectivity index (χ0v) is 17.2. The fraction of sp³-hybridized carbons (Fsp3) is 0.174. The van der Waals surface area contributed by atoms with Crippen LogP contribution in [0, 0.1) is 0 Å². The average Bonchev–Trinajstić information content (AvgIpc) is 2.73. The summed E-state index contributed by atoms with van der Waals surface area (Å²) in [6.07, 6.45) is 0. The summed E-state index contributed by atoms with van der Waals surface area (Å²) < 4.78 is 12.0. The number of benzene rings is 3. The summed E-state index contributed by atoms with van der Waals surface area (Å²) in [7, 11) is 0. The van der Waals surface area contributed by atoms with Crippen LogP contribution >= 0.6 is 15.9 Å². The van der Waals surface area contributed by atoms with Crippen molar-refractivity contribution in [2.45, 2.75) is 20.1 Å². The van der Waals surface area contributed by atoms with Gasteiger partial charge in [-0.05, 0) is 55.0 Å². The predicted octanol–water partition coefficient (Wildman–Crippen LogP) is 5.82. The normalized spacial score (nSPS) is 10.4. The van der Waals surface area contributed by atoms with Crippen LogP contribution < -0.4 is 10.1 Å². The van der Waals surface area contributed by atoms with Gasteiger partial charge in [0.15, 0.2) is 0 Å². The lowest BCUT2D eigenvalue weighted by Crippen LogP contribution is -2.06. The van der Waals surface area contributed by atoms with Gasteiger partial charge in [-0.15, -0.1) is 0 Å². The number of esters is 1. The fourth-order valence-electron chi connectivity index (χ4n) is 2.70. The van der Waals surface area contributed by atoms with Crippen LogP contribution in [0.1, 0.15) is 28.4 Å². The van der Waals surface area contributed by atoms with Gasteiger partial charge in [0, 0.05) is 22.3 Å². The van der Waals surface area contributed by atoms with Crippen LogP contribution in [0.5, 0.6) is 5.75 Å². The average molecular weight is 440 g/mol. The van der Waals surface area contributed by atoms with E-state index in [2.05, 4.69) is 21.2 Å². The molecule has 0 aliphatic rings. The fourth-order valence-corrected chi connectivity index (χ4v) is 3.11. The van der Waals surface area contributed by atoms with Crippen LogP contribution in [0.2, 0.25) is 0 Å². The lowest BCUT2D eigenvalue weighted by atomic mass is 10.1. The van der Waals surface area contributed by atoms with E-state index < -0.39 is 0 Å². The Morgan fingerprint density at radius 1 is 1.00 bits per heavy atom. The zero-order chi connectivity index (χ0) is 19.8. The Bertz CT molecular complexity index is 911. The number of halogens is 1. The molecule has 0 saturated carbocycles. The molecule has 0 aliphatic carbocycles. The molecule has 0 heterocycles. The van der Waals surface area contributed by atoms with E-state index in [-0.39, 0.29) is 5.97 Å². The first-order chi connectivity index (χ1) is 13.7. The first-order valence-electron chi connectivity index (χ1n) is 9.12. The van der Waals surface area contributed by atoms with Crippen LogP contribution in [0.4, 0.5) is 5.69 Å². The van der Waals surface area contributed by atoms with E-state index in [9.17, 15) is 4.79 Å². The number of carbonyl (C=O) groups excluding carboxylic acids is 1. The van der Waals surface area contributed by atoms with Crippen LogP contribution in [0.25, 0.3) is 0 Å². The summed E-state index contributed by atoms with van der Waals surface area (Å²) in [6.45, 7) is 3.28. The molecule has 0 aliphatic heterocycles. The molecular formula is C23H22BrNO3. The Hall–Kier alpha value is -2.79. The van der Waals surface area contributed by atoms with Gasteiger partial charge in [-0.25, -0.2) is 4.79 Å². The van der Waals surface area contributed by atoms with Crippen LogP contribution in [-0.2, 0) is 17.9 Å². The van der Waals surface area contributed by atoms with Crippen molar-refractivity contribution in [1.29, 1.82) is 0 Å². The maximum atomic E-state index is 11.7. The van der Waals surface area contributed by atoms with Crippen molar-refractivity contribution in [3.8, 4) is 5.75 Å². The third-order valence-electron chi connectivity index (χ3n) is 4.14. The highest BCUT2D eigenvalue weighted by molar-refractivity contribution is 9.10. The second-order valence-electron chi connectivity index (χ2n) is 6.18. The van der Waals surface area contributed by atoms with Gasteiger partial charge in [-0.2, -0.15) is 0 Å². The molecule has 3 aromatic rings. The number of carbonyl (C=O) groups is 1. The van der Waals surface area contributed by atoms with Crippen molar-refractivity contribution in [2.24, 2.45) is 0 Å². The number of rotatable bonds is 8. The molecule has 3 rings (SSSR count). The van der Waals surface area contributed by atoms with Crippen molar-refractivity contribution in [3.63, 3.8) is 0 Å². The Morgan fingerprint density at radius 3 is 2.46 bits per heavy atom. The number of hydrogen-bond acceptors (Lipinski definition) is 4. The number of nitrogens with one attached hydrogen (secondary N) is 1. The summed E-state index contributed by atoms with van der Waals surface area (Å²) in [5, 5.41) is 3.37. The molecule has 4 nitrogen and oxygen atoms in total. The Morgan fingerprint density at radius 2 is 1.75 bits per heavy atom. The van der Waals surface area contributed by atoms with Crippen LogP contribution in [0.3, 0.4) is 0 Å². The highest BCUT2D eigenvalue weighted by atomic mass is 79.9. The summed E-state index contributed by atoms with van der Waals surface area (Å²) in [5.41, 5.74) is 3.63. The minimum Gasteiger partial charge on any atom is -0.489 e. The largest absolute Gasteiger partial charge is 0.489 e. The van der Waals surface area contributed by atoms with Gasteiger partial charge < -0.3 is 14.8 Å². The lowest BCUT2D eigenvalue weighted by Gasteiger charge is -2.14. The Labute approximate surface area is 173 Å². The first kappa shape index (κ1) is 20.0. The van der Waals surface area contributed by atoms with Crippen molar-refractivity contribution in [2.75, 3.05) is 11.9 Å². The van der Waals surface area contributed by atoms with E-state index in [1.807, 2.05) is 60.7 Å². The van der Waals surface area contributed by atoms with E-state index >= 15 is 0 Å². The molecule has 3 aromatic carbocycles. The highest BCUT2D eigenvalue weighted by Crippen LogP contribution is 2.25. The Balaban J connectivity index is 1.65. The van der Waals surface area contributed by atoms with E-state index in [1.165, 1.54) is 0 Å². The Kier molecular flexibility index (Phi) is 7.09. The molecule has 1 N–H and O–H groups in total. The highest BCUT2D eigenvalue weighted by Gasteiger charge is 2.08. The van der Waals surface area contributed by atoms with Crippen molar-refractivity contribution in [3.05, 3.63) is 94.0 Å². The zero-order valence-electron chi connectivity index (χ0n) is 15.7. The molecule has 144 valence electrons. The van der Waals surface area contributed by atoms with Gasteiger partial charge in [0.25, 0.3) is 0 Å². The van der Waals surface area contributed by atoms with Gasteiger partial charge in [0.1, 0.15) is 12.4 Å². The third-order valence-corrected chi connectivity index (χ3v) is 4.63. The van der Waals surface area contributed by atoms with Gasteiger partial charge in [-0.1, -0.05) is 46.3 Å². The quantitative estimate of drug-likeness (QED) is 0.449. The lowest BCUT2D eigenvalue weighted by molar-refractivity contribution is 0.0526. The van der Waals surface area contributed by atoms with E-state index in [0.29, 0.717) is 25.3 Å². The summed E-state index contributed by atoms with van der Waals surface area (Å²) >= 11 is 3.52. The molecule has 0 bridgehead atoms. The van der Waals surface area contributed by atoms with E-state index in [0.717, 1.165) is 27.0 Å². The van der Waals surface area contributed by atoms with Crippen molar-refractivity contribution in [1.82, 2.24) is 0 Å². The molecule has 5 heteroatoms. The topological polar surface area (TPSA) is 47.6 Å². The van der Waals surface area contributed by atoms with Gasteiger partial charge >= 0.3 is 5.97 Å². The number of hydrogen-bond donors (Lipinski definition) is 1. The van der Waals surface area contributed by atoms with E-state index in [4.69, 9.17) is 9.47 Å². The van der Waals surface area contributed by atoms with Crippen molar-refractivity contribution < 1.29 is 14.3 Å². The van der Waals surface area contributed by atoms with Gasteiger partial charge in [-0.3, -0.25) is 0 Å². The molecule has 0 amide bonds. The smallest absolute Gasteiger partial charge is 0.338 e. The summed E-state index contributed by atoms with van der Waals surface area (Å²) in [5.74, 6) is 0.528. The molecular weight excluding hydrogens is 418 g/mol. The maximum Gasteiger partial charge on any atom is 0.338 e. The number of anilines is 1. The second-order valence-corrected chi connectivity index (χ2v) is 7.09. The summed E-state index contributed by atoms with van der Waals surface area (Å²) in [6, 6.07) is 23.3. The van der Waals surface area contributed by atoms with Crippen LogP contribution in [0.15, 0.2) is 77.3 Å². The SMILES string of the molecule is CCOC(=O)c1ccc(NCc2cc(Br)ccc2OCc2ccccc2)cc1. The molecule has 0 unspecified atom stereocenters. The van der Waals surface area contributed by atoms with E-state index in [1.54, 1.807) is 19.1 Å².